The molecule has 0 fully saturated rings. The molecule has 0 atom stereocenters. The standard InChI is InChI=1S/C8H15N3O3S2/c1-6(15-5)9-14-8(13)11(4)16-10(3)7(2)12/h1-5H3/b9-6+. The highest BCUT2D eigenvalue weighted by atomic mass is 32.2. The number of thioether (sulfide) groups is 1. The van der Waals surface area contributed by atoms with Gasteiger partial charge in [0.05, 0.1) is 12.1 Å². The maximum absolute atomic E-state index is 11.4. The van der Waals surface area contributed by atoms with Crippen molar-refractivity contribution >= 4 is 40.9 Å². The summed E-state index contributed by atoms with van der Waals surface area (Å²) in [6.45, 7) is 3.13. The minimum Gasteiger partial charge on any atom is -0.296 e. The van der Waals surface area contributed by atoms with Gasteiger partial charge in [-0.2, -0.15) is 0 Å². The zero-order chi connectivity index (χ0) is 12.7. The van der Waals surface area contributed by atoms with Gasteiger partial charge in [-0.25, -0.2) is 9.10 Å². The molecule has 16 heavy (non-hydrogen) atoms. The van der Waals surface area contributed by atoms with E-state index in [0.717, 1.165) is 12.1 Å². The van der Waals surface area contributed by atoms with Gasteiger partial charge in [0.15, 0.2) is 0 Å². The van der Waals surface area contributed by atoms with E-state index in [1.165, 1.54) is 34.3 Å². The van der Waals surface area contributed by atoms with Crippen LogP contribution in [0.1, 0.15) is 13.8 Å². The summed E-state index contributed by atoms with van der Waals surface area (Å²) >= 11 is 2.32. The number of amides is 2. The van der Waals surface area contributed by atoms with Crippen molar-refractivity contribution in [2.75, 3.05) is 20.4 Å². The van der Waals surface area contributed by atoms with E-state index in [0.29, 0.717) is 5.04 Å². The monoisotopic (exact) mass is 265 g/mol. The highest BCUT2D eigenvalue weighted by molar-refractivity contribution is 8.13. The van der Waals surface area contributed by atoms with Crippen LogP contribution in [0.25, 0.3) is 0 Å². The lowest BCUT2D eigenvalue weighted by Crippen LogP contribution is -2.27. The SMILES string of the molecule is CS/C(C)=N/OC(=O)N(C)SN(C)C(C)=O. The highest BCUT2D eigenvalue weighted by Gasteiger charge is 2.15. The lowest BCUT2D eigenvalue weighted by atomic mass is 10.7. The van der Waals surface area contributed by atoms with E-state index in [-0.39, 0.29) is 5.91 Å². The van der Waals surface area contributed by atoms with Gasteiger partial charge in [-0.15, -0.1) is 11.8 Å². The summed E-state index contributed by atoms with van der Waals surface area (Å²) in [7, 11) is 3.06. The molecule has 0 bridgehead atoms. The lowest BCUT2D eigenvalue weighted by Gasteiger charge is -2.19. The minimum atomic E-state index is -0.633. The Kier molecular flexibility index (Phi) is 6.98. The van der Waals surface area contributed by atoms with Crippen molar-refractivity contribution in [2.45, 2.75) is 13.8 Å². The maximum atomic E-state index is 11.4. The van der Waals surface area contributed by atoms with Crippen molar-refractivity contribution in [3.05, 3.63) is 0 Å². The summed E-state index contributed by atoms with van der Waals surface area (Å²) in [5.74, 6) is -0.159. The van der Waals surface area contributed by atoms with Gasteiger partial charge in [0.2, 0.25) is 5.91 Å². The Hall–Kier alpha value is -0.890. The first-order valence-corrected chi connectivity index (χ1v) is 6.29. The normalized spacial score (nSPS) is 10.9. The lowest BCUT2D eigenvalue weighted by molar-refractivity contribution is -0.123. The number of carbonyl (C=O) groups is 2. The smallest absolute Gasteiger partial charge is 0.296 e. The van der Waals surface area contributed by atoms with E-state index in [1.807, 2.05) is 6.26 Å². The zero-order valence-electron chi connectivity index (χ0n) is 9.88. The summed E-state index contributed by atoms with van der Waals surface area (Å²) < 4.78 is 2.49. The number of hydrogen-bond donors (Lipinski definition) is 0. The Morgan fingerprint density at radius 1 is 1.19 bits per heavy atom. The van der Waals surface area contributed by atoms with Gasteiger partial charge in [-0.05, 0) is 13.2 Å². The Labute approximate surface area is 104 Å². The van der Waals surface area contributed by atoms with Gasteiger partial charge in [0.1, 0.15) is 5.04 Å². The van der Waals surface area contributed by atoms with Crippen LogP contribution < -0.4 is 0 Å². The van der Waals surface area contributed by atoms with Gasteiger partial charge in [-0.3, -0.25) is 13.9 Å². The molecule has 0 aliphatic carbocycles. The molecule has 0 spiro atoms. The van der Waals surface area contributed by atoms with Gasteiger partial charge >= 0.3 is 6.09 Å². The molecule has 0 saturated carbocycles. The summed E-state index contributed by atoms with van der Waals surface area (Å²) in [5, 5.41) is 4.23. The fourth-order valence-electron chi connectivity index (χ4n) is 0.473. The molecule has 0 radical (unpaired) electrons. The van der Waals surface area contributed by atoms with Crippen LogP contribution in [0.5, 0.6) is 0 Å². The van der Waals surface area contributed by atoms with Crippen LogP contribution in [-0.2, 0) is 9.63 Å². The second-order valence-electron chi connectivity index (χ2n) is 2.77. The first-order valence-electron chi connectivity index (χ1n) is 4.34. The van der Waals surface area contributed by atoms with E-state index in [9.17, 15) is 9.59 Å². The molecule has 0 aliphatic rings. The Morgan fingerprint density at radius 2 is 1.75 bits per heavy atom. The maximum Gasteiger partial charge on any atom is 0.447 e. The van der Waals surface area contributed by atoms with Crippen LogP contribution in [0.3, 0.4) is 0 Å². The second kappa shape index (κ2) is 7.39. The summed E-state index contributed by atoms with van der Waals surface area (Å²) in [6.07, 6.45) is 1.20. The number of nitrogens with zero attached hydrogens (tertiary/aromatic N) is 3. The Bertz CT molecular complexity index is 296. The van der Waals surface area contributed by atoms with Gasteiger partial charge < -0.3 is 0 Å². The van der Waals surface area contributed by atoms with Crippen LogP contribution in [0.15, 0.2) is 5.16 Å². The molecule has 0 aromatic carbocycles. The number of carbonyl (C=O) groups excluding carboxylic acids is 2. The molecule has 0 aromatic rings. The molecule has 92 valence electrons. The third-order valence-electron chi connectivity index (χ3n) is 1.49. The van der Waals surface area contributed by atoms with Crippen molar-refractivity contribution in [3.63, 3.8) is 0 Å². The first-order chi connectivity index (χ1) is 7.38. The topological polar surface area (TPSA) is 62.2 Å². The van der Waals surface area contributed by atoms with Crippen molar-refractivity contribution in [2.24, 2.45) is 5.16 Å². The molecule has 6 nitrogen and oxygen atoms in total. The van der Waals surface area contributed by atoms with Crippen molar-refractivity contribution in [1.82, 2.24) is 8.61 Å². The first kappa shape index (κ1) is 15.1. The molecule has 0 heterocycles. The minimum absolute atomic E-state index is 0.159. The predicted octanol–water partition coefficient (Wildman–Crippen LogP) is 1.79. The van der Waals surface area contributed by atoms with Gasteiger partial charge in [0, 0.05) is 21.0 Å². The van der Waals surface area contributed by atoms with Crippen LogP contribution in [0.4, 0.5) is 4.79 Å². The predicted molar refractivity (Wildman–Crippen MR) is 66.9 cm³/mol. The molecule has 0 aliphatic heterocycles. The quantitative estimate of drug-likeness (QED) is 0.256. The van der Waals surface area contributed by atoms with Crippen molar-refractivity contribution < 1.29 is 14.4 Å². The van der Waals surface area contributed by atoms with E-state index >= 15 is 0 Å². The third-order valence-corrected chi connectivity index (χ3v) is 3.05. The van der Waals surface area contributed by atoms with Crippen molar-refractivity contribution in [1.29, 1.82) is 0 Å². The van der Waals surface area contributed by atoms with Crippen molar-refractivity contribution in [3.8, 4) is 0 Å². The zero-order valence-corrected chi connectivity index (χ0v) is 11.5. The third kappa shape index (κ3) is 5.86. The molecular weight excluding hydrogens is 250 g/mol. The second-order valence-corrected chi connectivity index (χ2v) is 5.03. The van der Waals surface area contributed by atoms with E-state index in [1.54, 1.807) is 14.0 Å². The molecular formula is C8H15N3O3S2. The number of hydrogen-bond acceptors (Lipinski definition) is 6. The summed E-state index contributed by atoms with van der Waals surface area (Å²) in [6, 6.07) is 0. The highest BCUT2D eigenvalue weighted by Crippen LogP contribution is 2.13. The Morgan fingerprint density at radius 3 is 2.19 bits per heavy atom. The fraction of sp³-hybridized carbons (Fsp3) is 0.625. The van der Waals surface area contributed by atoms with Crippen LogP contribution in [-0.4, -0.2) is 46.0 Å². The molecule has 0 N–H and O–H groups in total. The van der Waals surface area contributed by atoms with Crippen LogP contribution in [0.2, 0.25) is 0 Å². The Balaban J connectivity index is 4.14. The van der Waals surface area contributed by atoms with Gasteiger partial charge in [0.25, 0.3) is 0 Å². The average Bonchev–Trinajstić information content (AvgIpc) is 2.24. The molecule has 0 saturated heterocycles. The molecule has 0 aromatic heterocycles. The van der Waals surface area contributed by atoms with E-state index in [4.69, 9.17) is 0 Å². The number of rotatable bonds is 3. The van der Waals surface area contributed by atoms with Gasteiger partial charge in [-0.1, -0.05) is 5.16 Å². The number of oxime groups is 1. The summed E-state index contributed by atoms with van der Waals surface area (Å²) in [4.78, 5) is 26.9. The molecule has 0 unspecified atom stereocenters. The van der Waals surface area contributed by atoms with E-state index in [2.05, 4.69) is 9.99 Å². The largest absolute Gasteiger partial charge is 0.447 e. The average molecular weight is 265 g/mol. The van der Waals surface area contributed by atoms with Crippen LogP contribution >= 0.6 is 23.9 Å². The van der Waals surface area contributed by atoms with Crippen LogP contribution in [0, 0.1) is 0 Å². The molecule has 8 heteroatoms. The molecule has 2 amide bonds. The summed E-state index contributed by atoms with van der Waals surface area (Å²) in [5.41, 5.74) is 0. The fourth-order valence-corrected chi connectivity index (χ4v) is 1.17. The van der Waals surface area contributed by atoms with E-state index < -0.39 is 6.09 Å². The molecule has 0 rings (SSSR count).